The molecule has 4 rings (SSSR count). The lowest BCUT2D eigenvalue weighted by Gasteiger charge is -2.29. The molecule has 7 heteroatoms. The van der Waals surface area contributed by atoms with E-state index in [1.54, 1.807) is 37.1 Å². The Kier molecular flexibility index (Phi) is 5.32. The van der Waals surface area contributed by atoms with Gasteiger partial charge in [0.25, 0.3) is 5.91 Å². The van der Waals surface area contributed by atoms with Gasteiger partial charge in [0.05, 0.1) is 24.1 Å². The maximum absolute atomic E-state index is 12.7. The molecule has 0 aliphatic carbocycles. The highest BCUT2D eigenvalue weighted by Crippen LogP contribution is 2.24. The van der Waals surface area contributed by atoms with Gasteiger partial charge in [-0.15, -0.1) is 0 Å². The first kappa shape index (κ1) is 18.2. The van der Waals surface area contributed by atoms with Crippen molar-refractivity contribution in [2.75, 3.05) is 11.9 Å². The molecule has 0 saturated carbocycles. The average Bonchev–Trinajstić information content (AvgIpc) is 3.26. The van der Waals surface area contributed by atoms with Crippen LogP contribution in [0.3, 0.4) is 0 Å². The van der Waals surface area contributed by atoms with E-state index < -0.39 is 0 Å². The second-order valence-corrected chi connectivity index (χ2v) is 7.03. The fourth-order valence-corrected chi connectivity index (χ4v) is 3.44. The van der Waals surface area contributed by atoms with Gasteiger partial charge in [0.1, 0.15) is 17.9 Å². The highest BCUT2D eigenvalue weighted by molar-refractivity contribution is 5.94. The number of fused-ring (bicyclic) bond motifs is 1. The number of pyridine rings is 1. The first-order valence-electron chi connectivity index (χ1n) is 9.51. The Labute approximate surface area is 163 Å². The number of nitrogens with zero attached hydrogens (tertiary/aromatic N) is 4. The predicted octanol–water partition coefficient (Wildman–Crippen LogP) is 3.10. The molecule has 3 aromatic heterocycles. The Morgan fingerprint density at radius 2 is 2.25 bits per heavy atom. The zero-order chi connectivity index (χ0) is 19.3. The minimum absolute atomic E-state index is 0.0151. The Morgan fingerprint density at radius 3 is 3.04 bits per heavy atom. The van der Waals surface area contributed by atoms with E-state index in [1.807, 2.05) is 17.0 Å². The molecular formula is C21H23N5O2. The van der Waals surface area contributed by atoms with Crippen molar-refractivity contribution in [2.24, 2.45) is 0 Å². The van der Waals surface area contributed by atoms with Crippen LogP contribution in [-0.4, -0.2) is 38.3 Å². The zero-order valence-electron chi connectivity index (χ0n) is 15.8. The SMILES string of the molecule is C[C@H](CCc1ccco1)Nc1ncnc2c1CCN(C(=O)c1cccnc1)C2. The van der Waals surface area contributed by atoms with Gasteiger partial charge in [-0.25, -0.2) is 9.97 Å². The lowest BCUT2D eigenvalue weighted by Crippen LogP contribution is -2.37. The normalized spacial score (nSPS) is 14.4. The topological polar surface area (TPSA) is 84.2 Å². The highest BCUT2D eigenvalue weighted by Gasteiger charge is 2.25. The summed E-state index contributed by atoms with van der Waals surface area (Å²) in [7, 11) is 0. The van der Waals surface area contributed by atoms with E-state index in [-0.39, 0.29) is 11.9 Å². The molecule has 1 atom stereocenters. The third kappa shape index (κ3) is 4.03. The standard InChI is InChI=1S/C21H23N5O2/c1-15(6-7-17-5-3-11-28-17)25-20-18-8-10-26(13-19(18)23-14-24-20)21(27)16-4-2-9-22-12-16/h2-5,9,11-12,14-15H,6-8,10,13H2,1H3,(H,23,24,25)/t15-/m1/s1. The van der Waals surface area contributed by atoms with Gasteiger partial charge in [-0.05, 0) is 44.0 Å². The summed E-state index contributed by atoms with van der Waals surface area (Å²) in [6, 6.07) is 7.72. The fourth-order valence-electron chi connectivity index (χ4n) is 3.44. The quantitative estimate of drug-likeness (QED) is 0.711. The molecule has 3 aromatic rings. The van der Waals surface area contributed by atoms with E-state index in [9.17, 15) is 4.79 Å². The van der Waals surface area contributed by atoms with Gasteiger partial charge < -0.3 is 14.6 Å². The van der Waals surface area contributed by atoms with Crippen molar-refractivity contribution in [3.63, 3.8) is 0 Å². The number of carbonyl (C=O) groups excluding carboxylic acids is 1. The van der Waals surface area contributed by atoms with Crippen LogP contribution in [-0.2, 0) is 19.4 Å². The minimum atomic E-state index is -0.0151. The van der Waals surface area contributed by atoms with Gasteiger partial charge in [0.2, 0.25) is 0 Å². The number of carbonyl (C=O) groups is 1. The van der Waals surface area contributed by atoms with E-state index >= 15 is 0 Å². The molecule has 1 aliphatic heterocycles. The molecule has 0 fully saturated rings. The number of nitrogens with one attached hydrogen (secondary N) is 1. The van der Waals surface area contributed by atoms with Crippen molar-refractivity contribution in [2.45, 2.75) is 38.8 Å². The second-order valence-electron chi connectivity index (χ2n) is 7.03. The Bertz CT molecular complexity index is 927. The summed E-state index contributed by atoms with van der Waals surface area (Å²) in [4.78, 5) is 27.4. The minimum Gasteiger partial charge on any atom is -0.469 e. The summed E-state index contributed by atoms with van der Waals surface area (Å²) in [5.74, 6) is 1.84. The van der Waals surface area contributed by atoms with E-state index in [0.29, 0.717) is 18.7 Å². The molecule has 1 N–H and O–H groups in total. The first-order chi connectivity index (χ1) is 13.7. The summed E-state index contributed by atoms with van der Waals surface area (Å²) >= 11 is 0. The predicted molar refractivity (Wildman–Crippen MR) is 105 cm³/mol. The monoisotopic (exact) mass is 377 g/mol. The van der Waals surface area contributed by atoms with Crippen molar-refractivity contribution < 1.29 is 9.21 Å². The summed E-state index contributed by atoms with van der Waals surface area (Å²) in [6.45, 7) is 3.27. The summed E-state index contributed by atoms with van der Waals surface area (Å²) in [5.41, 5.74) is 2.60. The molecular weight excluding hydrogens is 354 g/mol. The number of aryl methyl sites for hydroxylation is 1. The number of anilines is 1. The van der Waals surface area contributed by atoms with Crippen molar-refractivity contribution in [3.05, 3.63) is 71.8 Å². The number of aromatic nitrogens is 3. The molecule has 28 heavy (non-hydrogen) atoms. The Balaban J connectivity index is 1.42. The van der Waals surface area contributed by atoms with Gasteiger partial charge in [0, 0.05) is 37.0 Å². The summed E-state index contributed by atoms with van der Waals surface area (Å²) in [6.07, 6.45) is 9.09. The van der Waals surface area contributed by atoms with Crippen molar-refractivity contribution in [1.82, 2.24) is 19.9 Å². The van der Waals surface area contributed by atoms with Crippen LogP contribution in [0.5, 0.6) is 0 Å². The zero-order valence-corrected chi connectivity index (χ0v) is 15.8. The summed E-state index contributed by atoms with van der Waals surface area (Å²) in [5, 5.41) is 3.50. The van der Waals surface area contributed by atoms with Gasteiger partial charge in [0.15, 0.2) is 0 Å². The van der Waals surface area contributed by atoms with E-state index in [2.05, 4.69) is 27.2 Å². The van der Waals surface area contributed by atoms with Crippen LogP contribution >= 0.6 is 0 Å². The van der Waals surface area contributed by atoms with E-state index in [1.165, 1.54) is 0 Å². The molecule has 0 spiro atoms. The molecule has 0 aromatic carbocycles. The van der Waals surface area contributed by atoms with E-state index in [0.717, 1.165) is 42.1 Å². The number of amides is 1. The number of hydrogen-bond acceptors (Lipinski definition) is 6. The number of hydrogen-bond donors (Lipinski definition) is 1. The molecule has 0 bridgehead atoms. The van der Waals surface area contributed by atoms with Gasteiger partial charge in [-0.1, -0.05) is 0 Å². The van der Waals surface area contributed by atoms with Gasteiger partial charge in [-0.2, -0.15) is 0 Å². The molecule has 0 radical (unpaired) electrons. The third-order valence-corrected chi connectivity index (χ3v) is 4.99. The largest absolute Gasteiger partial charge is 0.469 e. The lowest BCUT2D eigenvalue weighted by molar-refractivity contribution is 0.0731. The molecule has 0 saturated heterocycles. The van der Waals surface area contributed by atoms with Crippen molar-refractivity contribution in [1.29, 1.82) is 0 Å². The molecule has 7 nitrogen and oxygen atoms in total. The van der Waals surface area contributed by atoms with Crippen LogP contribution in [0.4, 0.5) is 5.82 Å². The van der Waals surface area contributed by atoms with Crippen LogP contribution in [0, 0.1) is 0 Å². The molecule has 0 unspecified atom stereocenters. The first-order valence-corrected chi connectivity index (χ1v) is 9.51. The van der Waals surface area contributed by atoms with Crippen LogP contribution < -0.4 is 5.32 Å². The van der Waals surface area contributed by atoms with Gasteiger partial charge >= 0.3 is 0 Å². The third-order valence-electron chi connectivity index (χ3n) is 4.99. The maximum atomic E-state index is 12.7. The Hall–Kier alpha value is -3.22. The van der Waals surface area contributed by atoms with E-state index in [4.69, 9.17) is 4.42 Å². The van der Waals surface area contributed by atoms with Crippen LogP contribution in [0.25, 0.3) is 0 Å². The van der Waals surface area contributed by atoms with Crippen LogP contribution in [0.15, 0.2) is 53.7 Å². The number of furan rings is 1. The molecule has 4 heterocycles. The highest BCUT2D eigenvalue weighted by atomic mass is 16.3. The maximum Gasteiger partial charge on any atom is 0.255 e. The van der Waals surface area contributed by atoms with Crippen LogP contribution in [0.1, 0.15) is 40.7 Å². The smallest absolute Gasteiger partial charge is 0.255 e. The van der Waals surface area contributed by atoms with Crippen molar-refractivity contribution >= 4 is 11.7 Å². The molecule has 1 aliphatic rings. The average molecular weight is 377 g/mol. The molecule has 144 valence electrons. The number of rotatable bonds is 6. The van der Waals surface area contributed by atoms with Gasteiger partial charge in [-0.3, -0.25) is 9.78 Å². The van der Waals surface area contributed by atoms with Crippen LogP contribution in [0.2, 0.25) is 0 Å². The lowest BCUT2D eigenvalue weighted by atomic mass is 10.0. The Morgan fingerprint density at radius 1 is 1.32 bits per heavy atom. The van der Waals surface area contributed by atoms with Crippen molar-refractivity contribution in [3.8, 4) is 0 Å². The second kappa shape index (κ2) is 8.21. The summed E-state index contributed by atoms with van der Waals surface area (Å²) < 4.78 is 5.40. The molecule has 1 amide bonds. The fraction of sp³-hybridized carbons (Fsp3) is 0.333.